The van der Waals surface area contributed by atoms with Gasteiger partial charge >= 0.3 is 0 Å². The summed E-state index contributed by atoms with van der Waals surface area (Å²) in [6, 6.07) is 12.4. The molecule has 1 aromatic heterocycles. The largest absolute Gasteiger partial charge is 0.457 e. The number of nitrogens with zero attached hydrogens (tertiary/aromatic N) is 2. The lowest BCUT2D eigenvalue weighted by molar-refractivity contribution is -0.143. The molecule has 1 saturated carbocycles. The van der Waals surface area contributed by atoms with Crippen molar-refractivity contribution < 1.29 is 18.8 Å². The maximum Gasteiger partial charge on any atom is 0.271 e. The third-order valence-electron chi connectivity index (χ3n) is 6.20. The Hall–Kier alpha value is -3.72. The third-order valence-corrected chi connectivity index (χ3v) is 6.20. The van der Waals surface area contributed by atoms with E-state index in [0.29, 0.717) is 28.2 Å². The lowest BCUT2D eigenvalue weighted by atomic mass is 9.89. The van der Waals surface area contributed by atoms with Gasteiger partial charge in [0.2, 0.25) is 0 Å². The van der Waals surface area contributed by atoms with Crippen molar-refractivity contribution in [2.75, 3.05) is 0 Å². The van der Waals surface area contributed by atoms with Crippen LogP contribution in [0.15, 0.2) is 57.5 Å². The van der Waals surface area contributed by atoms with Crippen molar-refractivity contribution >= 4 is 23.7 Å². The van der Waals surface area contributed by atoms with Crippen LogP contribution in [0.4, 0.5) is 0 Å². The molecule has 32 heavy (non-hydrogen) atoms. The molecule has 0 radical (unpaired) electrons. The summed E-state index contributed by atoms with van der Waals surface area (Å²) in [6.45, 7) is 3.14. The quantitative estimate of drug-likeness (QED) is 0.385. The fourth-order valence-electron chi connectivity index (χ4n) is 4.37. The van der Waals surface area contributed by atoms with Crippen molar-refractivity contribution in [3.63, 3.8) is 0 Å². The lowest BCUT2D eigenvalue weighted by Crippen LogP contribution is -2.49. The second kappa shape index (κ2) is 8.80. The Morgan fingerprint density at radius 3 is 2.38 bits per heavy atom. The van der Waals surface area contributed by atoms with Crippen LogP contribution in [-0.2, 0) is 9.59 Å². The molecule has 2 heterocycles. The highest BCUT2D eigenvalue weighted by molar-refractivity contribution is 6.19. The summed E-state index contributed by atoms with van der Waals surface area (Å²) in [5.41, 5.74) is 2.11. The minimum atomic E-state index is -0.496. The first-order chi connectivity index (χ1) is 15.4. The SMILES string of the molecule is CC(=O)c1ccc(-c2ccc(/C=C3/C(=O)N(C4CCCCC4)C(=O)C(C#N)=C3C)o2)cc1. The molecule has 0 spiro atoms. The number of benzene rings is 1. The number of nitriles is 1. The van der Waals surface area contributed by atoms with Crippen LogP contribution < -0.4 is 0 Å². The second-order valence-corrected chi connectivity index (χ2v) is 8.28. The van der Waals surface area contributed by atoms with Crippen molar-refractivity contribution in [1.29, 1.82) is 5.26 Å². The summed E-state index contributed by atoms with van der Waals surface area (Å²) >= 11 is 0. The Bertz CT molecular complexity index is 1190. The first-order valence-corrected chi connectivity index (χ1v) is 10.8. The standard InChI is InChI=1S/C26H24N2O4/c1-16-22(25(30)28(26(31)23(16)15-27)20-6-4-3-5-7-20)14-21-12-13-24(32-21)19-10-8-18(9-11-19)17(2)29/h8-14,20H,3-7H2,1-2H3/b22-14+. The van der Waals surface area contributed by atoms with E-state index >= 15 is 0 Å². The number of rotatable bonds is 4. The number of ketones is 1. The van der Waals surface area contributed by atoms with E-state index in [9.17, 15) is 19.6 Å². The van der Waals surface area contributed by atoms with E-state index in [1.165, 1.54) is 11.8 Å². The van der Waals surface area contributed by atoms with Crippen molar-refractivity contribution in [3.05, 3.63) is 64.4 Å². The van der Waals surface area contributed by atoms with Gasteiger partial charge in [-0.3, -0.25) is 19.3 Å². The van der Waals surface area contributed by atoms with E-state index in [1.807, 2.05) is 6.07 Å². The molecule has 1 aromatic carbocycles. The van der Waals surface area contributed by atoms with E-state index < -0.39 is 5.91 Å². The molecular weight excluding hydrogens is 404 g/mol. The molecule has 6 nitrogen and oxygen atoms in total. The summed E-state index contributed by atoms with van der Waals surface area (Å²) in [6.07, 6.45) is 6.17. The average Bonchev–Trinajstić information content (AvgIpc) is 3.26. The number of hydrogen-bond acceptors (Lipinski definition) is 5. The van der Waals surface area contributed by atoms with Gasteiger partial charge in [0.15, 0.2) is 5.78 Å². The molecule has 1 fully saturated rings. The molecule has 162 valence electrons. The van der Waals surface area contributed by atoms with Crippen LogP contribution in [0.2, 0.25) is 0 Å². The van der Waals surface area contributed by atoms with Crippen molar-refractivity contribution in [2.24, 2.45) is 0 Å². The van der Waals surface area contributed by atoms with Crippen LogP contribution in [0.5, 0.6) is 0 Å². The highest BCUT2D eigenvalue weighted by atomic mass is 16.3. The highest BCUT2D eigenvalue weighted by Gasteiger charge is 2.40. The zero-order valence-corrected chi connectivity index (χ0v) is 18.2. The van der Waals surface area contributed by atoms with Gasteiger partial charge in [0.25, 0.3) is 11.8 Å². The molecule has 2 aromatic rings. The van der Waals surface area contributed by atoms with Gasteiger partial charge in [-0.1, -0.05) is 43.5 Å². The smallest absolute Gasteiger partial charge is 0.271 e. The first kappa shape index (κ1) is 21.5. The fraction of sp³-hybridized carbons (Fsp3) is 0.308. The summed E-state index contributed by atoms with van der Waals surface area (Å²) in [4.78, 5) is 39.0. The van der Waals surface area contributed by atoms with Crippen molar-refractivity contribution in [3.8, 4) is 17.4 Å². The molecule has 1 aliphatic carbocycles. The van der Waals surface area contributed by atoms with Gasteiger partial charge in [-0.2, -0.15) is 5.26 Å². The summed E-state index contributed by atoms with van der Waals surface area (Å²) < 4.78 is 5.92. The molecular formula is C26H24N2O4. The Balaban J connectivity index is 1.68. The predicted molar refractivity (Wildman–Crippen MR) is 119 cm³/mol. The van der Waals surface area contributed by atoms with Crippen molar-refractivity contribution in [2.45, 2.75) is 52.0 Å². The minimum absolute atomic E-state index is 0.00743. The predicted octanol–water partition coefficient (Wildman–Crippen LogP) is 5.07. The molecule has 0 bridgehead atoms. The van der Waals surface area contributed by atoms with E-state index in [4.69, 9.17) is 4.42 Å². The zero-order valence-electron chi connectivity index (χ0n) is 18.2. The average molecular weight is 428 g/mol. The molecule has 0 atom stereocenters. The normalized spacial score (nSPS) is 18.9. The maximum atomic E-state index is 13.3. The lowest BCUT2D eigenvalue weighted by Gasteiger charge is -2.36. The molecule has 1 aliphatic heterocycles. The third kappa shape index (κ3) is 3.94. The summed E-state index contributed by atoms with van der Waals surface area (Å²) in [7, 11) is 0. The monoisotopic (exact) mass is 428 g/mol. The summed E-state index contributed by atoms with van der Waals surface area (Å²) in [5, 5.41) is 9.59. The minimum Gasteiger partial charge on any atom is -0.457 e. The van der Waals surface area contributed by atoms with Crippen LogP contribution >= 0.6 is 0 Å². The molecule has 6 heteroatoms. The number of imide groups is 1. The van der Waals surface area contributed by atoms with Crippen LogP contribution in [0.3, 0.4) is 0 Å². The highest BCUT2D eigenvalue weighted by Crippen LogP contribution is 2.33. The van der Waals surface area contributed by atoms with Gasteiger partial charge in [0.1, 0.15) is 23.2 Å². The van der Waals surface area contributed by atoms with Gasteiger partial charge in [-0.05, 0) is 50.5 Å². The Morgan fingerprint density at radius 2 is 1.75 bits per heavy atom. The molecule has 4 rings (SSSR count). The van der Waals surface area contributed by atoms with Crippen molar-refractivity contribution in [1.82, 2.24) is 4.90 Å². The molecule has 2 aliphatic rings. The number of Topliss-reactive ketones (excluding diaryl/α,β-unsaturated/α-hetero) is 1. The van der Waals surface area contributed by atoms with E-state index in [-0.39, 0.29) is 23.3 Å². The van der Waals surface area contributed by atoms with E-state index in [2.05, 4.69) is 0 Å². The first-order valence-electron chi connectivity index (χ1n) is 10.8. The van der Waals surface area contributed by atoms with Gasteiger partial charge in [0.05, 0.1) is 0 Å². The Kier molecular flexibility index (Phi) is 5.91. The molecule has 0 saturated heterocycles. The van der Waals surface area contributed by atoms with E-state index in [0.717, 1.165) is 37.7 Å². The summed E-state index contributed by atoms with van der Waals surface area (Å²) in [5.74, 6) is 0.169. The van der Waals surface area contributed by atoms with E-state index in [1.54, 1.807) is 49.4 Å². The van der Waals surface area contributed by atoms with Crippen LogP contribution in [0.1, 0.15) is 62.1 Å². The van der Waals surface area contributed by atoms with Gasteiger partial charge < -0.3 is 4.42 Å². The number of hydrogen-bond donors (Lipinski definition) is 0. The van der Waals surface area contributed by atoms with Crippen LogP contribution in [-0.4, -0.2) is 28.5 Å². The van der Waals surface area contributed by atoms with Gasteiger partial charge in [0, 0.05) is 22.7 Å². The molecule has 0 unspecified atom stereocenters. The van der Waals surface area contributed by atoms with Crippen LogP contribution in [0, 0.1) is 11.3 Å². The van der Waals surface area contributed by atoms with Gasteiger partial charge in [-0.25, -0.2) is 0 Å². The number of carbonyl (C=O) groups is 3. The maximum absolute atomic E-state index is 13.3. The number of amides is 2. The van der Waals surface area contributed by atoms with Gasteiger partial charge in [-0.15, -0.1) is 0 Å². The zero-order chi connectivity index (χ0) is 22.8. The second-order valence-electron chi connectivity index (χ2n) is 8.28. The molecule has 2 amide bonds. The van der Waals surface area contributed by atoms with Crippen LogP contribution in [0.25, 0.3) is 17.4 Å². The molecule has 0 N–H and O–H groups in total. The number of carbonyl (C=O) groups excluding carboxylic acids is 3. The Morgan fingerprint density at radius 1 is 1.06 bits per heavy atom. The number of furan rings is 1. The topological polar surface area (TPSA) is 91.4 Å². The Labute approximate surface area is 186 Å². The fourth-order valence-corrected chi connectivity index (χ4v) is 4.37.